The van der Waals surface area contributed by atoms with Gasteiger partial charge in [-0.1, -0.05) is 30.8 Å². The molecule has 1 N–H and O–H groups in total. The summed E-state index contributed by atoms with van der Waals surface area (Å²) in [4.78, 5) is 17.9. The summed E-state index contributed by atoms with van der Waals surface area (Å²) >= 11 is 1.42. The molecule has 0 saturated heterocycles. The predicted octanol–water partition coefficient (Wildman–Crippen LogP) is 4.92. The standard InChI is InChI=1S/C24H29N3O3S2/c1-7-22(24(28)26-20-10-8-9-15(2)17(20)4)31-23-13-16(3)19-14-18(11-12-21(19)25-23)32(29,30)27(5)6/h8-14,22H,7H2,1-6H3,(H,26,28)/t22-/m0/s1. The molecule has 170 valence electrons. The van der Waals surface area contributed by atoms with Crippen molar-refractivity contribution in [1.82, 2.24) is 9.29 Å². The van der Waals surface area contributed by atoms with E-state index in [0.29, 0.717) is 11.9 Å². The Morgan fingerprint density at radius 3 is 2.47 bits per heavy atom. The van der Waals surface area contributed by atoms with E-state index < -0.39 is 10.0 Å². The second kappa shape index (κ2) is 9.60. The van der Waals surface area contributed by atoms with Gasteiger partial charge in [0.2, 0.25) is 15.9 Å². The predicted molar refractivity (Wildman–Crippen MR) is 132 cm³/mol. The van der Waals surface area contributed by atoms with E-state index in [9.17, 15) is 13.2 Å². The lowest BCUT2D eigenvalue weighted by molar-refractivity contribution is -0.115. The number of carbonyl (C=O) groups excluding carboxylic acids is 1. The Kier molecular flexibility index (Phi) is 7.27. The highest BCUT2D eigenvalue weighted by molar-refractivity contribution is 8.00. The van der Waals surface area contributed by atoms with Crippen LogP contribution >= 0.6 is 11.8 Å². The SMILES string of the molecule is CC[C@H](Sc1cc(C)c2cc(S(=O)(=O)N(C)C)ccc2n1)C(=O)Nc1cccc(C)c1C. The zero-order valence-corrected chi connectivity index (χ0v) is 20.9. The first kappa shape index (κ1) is 24.2. The van der Waals surface area contributed by atoms with Crippen molar-refractivity contribution in [1.29, 1.82) is 0 Å². The minimum Gasteiger partial charge on any atom is -0.325 e. The minimum absolute atomic E-state index is 0.0572. The average molecular weight is 472 g/mol. The number of thioether (sulfide) groups is 1. The topological polar surface area (TPSA) is 79.4 Å². The summed E-state index contributed by atoms with van der Waals surface area (Å²) in [6, 6.07) is 12.7. The van der Waals surface area contributed by atoms with E-state index in [2.05, 4.69) is 10.3 Å². The Morgan fingerprint density at radius 2 is 1.81 bits per heavy atom. The largest absolute Gasteiger partial charge is 0.325 e. The molecule has 32 heavy (non-hydrogen) atoms. The summed E-state index contributed by atoms with van der Waals surface area (Å²) in [7, 11) is -0.494. The monoisotopic (exact) mass is 471 g/mol. The highest BCUT2D eigenvalue weighted by Crippen LogP contribution is 2.30. The fourth-order valence-corrected chi connectivity index (χ4v) is 5.29. The zero-order valence-electron chi connectivity index (χ0n) is 19.3. The van der Waals surface area contributed by atoms with Crippen molar-refractivity contribution in [2.45, 2.75) is 49.3 Å². The van der Waals surface area contributed by atoms with Gasteiger partial charge in [-0.15, -0.1) is 0 Å². The van der Waals surface area contributed by atoms with E-state index in [1.807, 2.05) is 52.0 Å². The third-order valence-electron chi connectivity index (χ3n) is 5.53. The molecule has 6 nitrogen and oxygen atoms in total. The van der Waals surface area contributed by atoms with Gasteiger partial charge in [0.15, 0.2) is 0 Å². The number of aromatic nitrogens is 1. The van der Waals surface area contributed by atoms with E-state index >= 15 is 0 Å². The molecule has 8 heteroatoms. The van der Waals surface area contributed by atoms with Crippen LogP contribution in [0.15, 0.2) is 52.4 Å². The van der Waals surface area contributed by atoms with Crippen LogP contribution < -0.4 is 5.32 Å². The second-order valence-electron chi connectivity index (χ2n) is 8.00. The van der Waals surface area contributed by atoms with Crippen molar-refractivity contribution in [2.24, 2.45) is 0 Å². The van der Waals surface area contributed by atoms with Crippen LogP contribution in [0.4, 0.5) is 5.69 Å². The van der Waals surface area contributed by atoms with Gasteiger partial charge in [0.05, 0.1) is 20.7 Å². The van der Waals surface area contributed by atoms with Crippen LogP contribution in [-0.2, 0) is 14.8 Å². The molecular weight excluding hydrogens is 442 g/mol. The summed E-state index contributed by atoms with van der Waals surface area (Å²) < 4.78 is 26.1. The summed E-state index contributed by atoms with van der Waals surface area (Å²) in [6.45, 7) is 7.93. The molecule has 1 heterocycles. The molecule has 0 aliphatic carbocycles. The van der Waals surface area contributed by atoms with Gasteiger partial charge in [0.25, 0.3) is 0 Å². The van der Waals surface area contributed by atoms with Crippen molar-refractivity contribution >= 4 is 44.3 Å². The molecule has 0 spiro atoms. The van der Waals surface area contributed by atoms with Gasteiger partial charge in [-0.3, -0.25) is 4.79 Å². The Labute approximate surface area is 194 Å². The van der Waals surface area contributed by atoms with Crippen LogP contribution in [0.5, 0.6) is 0 Å². The normalized spacial score (nSPS) is 12.8. The third kappa shape index (κ3) is 4.98. The quantitative estimate of drug-likeness (QED) is 0.495. The maximum absolute atomic E-state index is 12.9. The highest BCUT2D eigenvalue weighted by Gasteiger charge is 2.21. The summed E-state index contributed by atoms with van der Waals surface area (Å²) in [5.41, 5.74) is 4.63. The smallest absolute Gasteiger partial charge is 0.242 e. The molecule has 3 rings (SSSR count). The van der Waals surface area contributed by atoms with Gasteiger partial charge < -0.3 is 5.32 Å². The molecule has 2 aromatic carbocycles. The highest BCUT2D eigenvalue weighted by atomic mass is 32.2. The number of amides is 1. The Hall–Kier alpha value is -2.42. The summed E-state index contributed by atoms with van der Waals surface area (Å²) in [5, 5.41) is 4.27. The lowest BCUT2D eigenvalue weighted by atomic mass is 10.1. The van der Waals surface area contributed by atoms with Crippen LogP contribution in [0.2, 0.25) is 0 Å². The van der Waals surface area contributed by atoms with Gasteiger partial charge in [-0.2, -0.15) is 0 Å². The number of carbonyl (C=O) groups is 1. The maximum Gasteiger partial charge on any atom is 0.242 e. The van der Waals surface area contributed by atoms with Crippen molar-refractivity contribution in [3.05, 3.63) is 59.2 Å². The third-order valence-corrected chi connectivity index (χ3v) is 8.62. The number of hydrogen-bond acceptors (Lipinski definition) is 5. The van der Waals surface area contributed by atoms with Crippen LogP contribution in [0.25, 0.3) is 10.9 Å². The van der Waals surface area contributed by atoms with Crippen molar-refractivity contribution in [3.63, 3.8) is 0 Å². The number of aryl methyl sites for hydroxylation is 2. The number of nitrogens with one attached hydrogen (secondary N) is 1. The number of nitrogens with zero attached hydrogens (tertiary/aromatic N) is 2. The lowest BCUT2D eigenvalue weighted by Crippen LogP contribution is -2.25. The minimum atomic E-state index is -3.52. The van der Waals surface area contributed by atoms with Crippen molar-refractivity contribution < 1.29 is 13.2 Å². The van der Waals surface area contributed by atoms with Crippen LogP contribution in [0.3, 0.4) is 0 Å². The van der Waals surface area contributed by atoms with Crippen LogP contribution in [-0.4, -0.2) is 43.0 Å². The average Bonchev–Trinajstić information content (AvgIpc) is 2.74. The van der Waals surface area contributed by atoms with Gasteiger partial charge >= 0.3 is 0 Å². The maximum atomic E-state index is 12.9. The molecule has 1 atom stereocenters. The molecule has 0 aliphatic heterocycles. The molecule has 0 bridgehead atoms. The molecule has 0 aliphatic rings. The van der Waals surface area contributed by atoms with Gasteiger partial charge in [0, 0.05) is 25.2 Å². The molecule has 0 fully saturated rings. The van der Waals surface area contributed by atoms with E-state index in [-0.39, 0.29) is 16.1 Å². The fourth-order valence-electron chi connectivity index (χ4n) is 3.34. The number of rotatable bonds is 7. The van der Waals surface area contributed by atoms with E-state index in [1.165, 1.54) is 30.2 Å². The van der Waals surface area contributed by atoms with Gasteiger partial charge in [0.1, 0.15) is 0 Å². The molecule has 1 amide bonds. The van der Waals surface area contributed by atoms with E-state index in [4.69, 9.17) is 0 Å². The van der Waals surface area contributed by atoms with Crippen LogP contribution in [0, 0.1) is 20.8 Å². The van der Waals surface area contributed by atoms with Crippen molar-refractivity contribution in [2.75, 3.05) is 19.4 Å². The van der Waals surface area contributed by atoms with Crippen molar-refractivity contribution in [3.8, 4) is 0 Å². The number of fused-ring (bicyclic) bond motifs is 1. The number of hydrogen-bond donors (Lipinski definition) is 1. The Bertz CT molecular complexity index is 1270. The molecule has 0 saturated carbocycles. The first-order valence-corrected chi connectivity index (χ1v) is 12.7. The second-order valence-corrected chi connectivity index (χ2v) is 11.4. The van der Waals surface area contributed by atoms with E-state index in [1.54, 1.807) is 18.2 Å². The van der Waals surface area contributed by atoms with Crippen LogP contribution in [0.1, 0.15) is 30.0 Å². The zero-order chi connectivity index (χ0) is 23.6. The summed E-state index contributed by atoms with van der Waals surface area (Å²) in [5.74, 6) is -0.0572. The Morgan fingerprint density at radius 1 is 1.09 bits per heavy atom. The fraction of sp³-hybridized carbons (Fsp3) is 0.333. The lowest BCUT2D eigenvalue weighted by Gasteiger charge is -2.17. The number of sulfonamides is 1. The first-order chi connectivity index (χ1) is 15.0. The molecule has 3 aromatic rings. The number of pyridine rings is 1. The molecule has 0 unspecified atom stereocenters. The Balaban J connectivity index is 1.87. The molecule has 1 aromatic heterocycles. The van der Waals surface area contributed by atoms with Gasteiger partial charge in [-0.25, -0.2) is 17.7 Å². The number of anilines is 1. The first-order valence-electron chi connectivity index (χ1n) is 10.4. The van der Waals surface area contributed by atoms with Gasteiger partial charge in [-0.05, 0) is 74.2 Å². The number of benzene rings is 2. The summed E-state index contributed by atoms with van der Waals surface area (Å²) in [6.07, 6.45) is 0.653. The molecule has 0 radical (unpaired) electrons. The molecular formula is C24H29N3O3S2. The van der Waals surface area contributed by atoms with E-state index in [0.717, 1.165) is 32.8 Å².